The lowest BCUT2D eigenvalue weighted by Gasteiger charge is -2.08. The molecule has 98 valence electrons. The zero-order valence-electron chi connectivity index (χ0n) is 9.44. The first-order valence-electron chi connectivity index (χ1n) is 5.18. The van der Waals surface area contributed by atoms with Gasteiger partial charge >= 0.3 is 0 Å². The first-order chi connectivity index (χ1) is 9.04. The van der Waals surface area contributed by atoms with Gasteiger partial charge in [0, 0.05) is 10.7 Å². The summed E-state index contributed by atoms with van der Waals surface area (Å²) in [6.07, 6.45) is 0. The second kappa shape index (κ2) is 6.18. The highest BCUT2D eigenvalue weighted by Gasteiger charge is 2.11. The quantitative estimate of drug-likeness (QED) is 0.800. The minimum atomic E-state index is -0.426. The summed E-state index contributed by atoms with van der Waals surface area (Å²) in [5, 5.41) is 6.10. The van der Waals surface area contributed by atoms with Crippen LogP contribution in [0.5, 0.6) is 0 Å². The third-order valence-electron chi connectivity index (χ3n) is 2.11. The van der Waals surface area contributed by atoms with Crippen molar-refractivity contribution in [1.29, 1.82) is 0 Å². The number of halogens is 2. The Kier molecular flexibility index (Phi) is 4.57. The molecule has 2 rings (SSSR count). The normalized spacial score (nSPS) is 10.0. The van der Waals surface area contributed by atoms with E-state index in [4.69, 9.17) is 28.2 Å². The standard InChI is InChI=1S/C12H8BrClN2O2S/c13-10-5-4-9(18-10)11(17)16-12(19)15-8-3-1-2-7(14)6-8/h1-6H,(H2,15,16,17,19). The predicted molar refractivity (Wildman–Crippen MR) is 81.5 cm³/mol. The van der Waals surface area contributed by atoms with Crippen LogP contribution in [0.25, 0.3) is 0 Å². The lowest BCUT2D eigenvalue weighted by atomic mass is 10.3. The Labute approximate surface area is 128 Å². The Balaban J connectivity index is 1.96. The van der Waals surface area contributed by atoms with Crippen LogP contribution in [0.3, 0.4) is 0 Å². The van der Waals surface area contributed by atoms with Crippen molar-refractivity contribution in [2.45, 2.75) is 0 Å². The van der Waals surface area contributed by atoms with E-state index in [0.29, 0.717) is 15.4 Å². The molecule has 19 heavy (non-hydrogen) atoms. The molecule has 0 fully saturated rings. The molecule has 0 saturated carbocycles. The van der Waals surface area contributed by atoms with Crippen LogP contribution in [0.4, 0.5) is 5.69 Å². The highest BCUT2D eigenvalue weighted by atomic mass is 79.9. The molecule has 0 aliphatic heterocycles. The van der Waals surface area contributed by atoms with Gasteiger partial charge in [-0.3, -0.25) is 10.1 Å². The molecule has 0 saturated heterocycles. The van der Waals surface area contributed by atoms with Crippen LogP contribution in [0, 0.1) is 0 Å². The molecule has 0 unspecified atom stereocenters. The van der Waals surface area contributed by atoms with Gasteiger partial charge in [-0.15, -0.1) is 0 Å². The number of thiocarbonyl (C=S) groups is 1. The summed E-state index contributed by atoms with van der Waals surface area (Å²) in [5.41, 5.74) is 0.693. The Morgan fingerprint density at radius 1 is 1.32 bits per heavy atom. The summed E-state index contributed by atoms with van der Waals surface area (Å²) in [6, 6.07) is 10.2. The van der Waals surface area contributed by atoms with Crippen LogP contribution in [0.15, 0.2) is 45.5 Å². The van der Waals surface area contributed by atoms with Crippen LogP contribution >= 0.6 is 39.7 Å². The van der Waals surface area contributed by atoms with Crippen LogP contribution in [0.1, 0.15) is 10.6 Å². The summed E-state index contributed by atoms with van der Waals surface area (Å²) in [5.74, 6) is -0.257. The van der Waals surface area contributed by atoms with Gasteiger partial charge in [0.25, 0.3) is 5.91 Å². The number of hydrogen-bond acceptors (Lipinski definition) is 3. The summed E-state index contributed by atoms with van der Waals surface area (Å²) in [7, 11) is 0. The van der Waals surface area contributed by atoms with E-state index in [1.54, 1.807) is 36.4 Å². The Morgan fingerprint density at radius 3 is 2.74 bits per heavy atom. The molecule has 1 aromatic heterocycles. The molecule has 0 atom stereocenters. The molecule has 0 aliphatic rings. The topological polar surface area (TPSA) is 54.3 Å². The van der Waals surface area contributed by atoms with E-state index in [-0.39, 0.29) is 10.9 Å². The first kappa shape index (κ1) is 14.0. The van der Waals surface area contributed by atoms with E-state index >= 15 is 0 Å². The number of benzene rings is 1. The highest BCUT2D eigenvalue weighted by Crippen LogP contribution is 2.15. The molecule has 7 heteroatoms. The lowest BCUT2D eigenvalue weighted by Crippen LogP contribution is -2.33. The van der Waals surface area contributed by atoms with Gasteiger partial charge in [-0.2, -0.15) is 0 Å². The molecular formula is C12H8BrClN2O2S. The Morgan fingerprint density at radius 2 is 2.11 bits per heavy atom. The SMILES string of the molecule is O=C(NC(=S)Nc1cccc(Cl)c1)c1ccc(Br)o1. The number of furan rings is 1. The van der Waals surface area contributed by atoms with Crippen LogP contribution < -0.4 is 10.6 Å². The predicted octanol–water partition coefficient (Wildman–Crippen LogP) is 3.82. The second-order valence-electron chi connectivity index (χ2n) is 3.52. The maximum Gasteiger partial charge on any atom is 0.293 e. The van der Waals surface area contributed by atoms with Crippen LogP contribution in [0.2, 0.25) is 5.02 Å². The monoisotopic (exact) mass is 358 g/mol. The third kappa shape index (κ3) is 4.05. The van der Waals surface area contributed by atoms with Gasteiger partial charge in [0.05, 0.1) is 0 Å². The average Bonchev–Trinajstić information content (AvgIpc) is 2.75. The Hall–Kier alpha value is -1.37. The number of carbonyl (C=O) groups excluding carboxylic acids is 1. The third-order valence-corrected chi connectivity index (χ3v) is 2.97. The number of hydrogen-bond donors (Lipinski definition) is 2. The fraction of sp³-hybridized carbons (Fsp3) is 0. The largest absolute Gasteiger partial charge is 0.444 e. The van der Waals surface area contributed by atoms with Gasteiger partial charge in [0.2, 0.25) is 0 Å². The van der Waals surface area contributed by atoms with E-state index in [0.717, 1.165) is 0 Å². The van der Waals surface area contributed by atoms with Crippen molar-refractivity contribution in [3.8, 4) is 0 Å². The molecule has 1 amide bonds. The zero-order chi connectivity index (χ0) is 13.8. The molecule has 0 bridgehead atoms. The fourth-order valence-corrected chi connectivity index (χ4v) is 2.04. The van der Waals surface area contributed by atoms with Gasteiger partial charge < -0.3 is 9.73 Å². The maximum atomic E-state index is 11.7. The first-order valence-corrected chi connectivity index (χ1v) is 6.76. The second-order valence-corrected chi connectivity index (χ2v) is 5.15. The number of nitrogens with one attached hydrogen (secondary N) is 2. The van der Waals surface area contributed by atoms with E-state index in [1.165, 1.54) is 0 Å². The van der Waals surface area contributed by atoms with E-state index in [2.05, 4.69) is 26.6 Å². The molecule has 0 aliphatic carbocycles. The van der Waals surface area contributed by atoms with Gasteiger partial charge in [0.15, 0.2) is 15.5 Å². The summed E-state index contributed by atoms with van der Waals surface area (Å²) in [4.78, 5) is 11.7. The molecule has 4 nitrogen and oxygen atoms in total. The van der Waals surface area contributed by atoms with Crippen molar-refractivity contribution in [3.63, 3.8) is 0 Å². The van der Waals surface area contributed by atoms with Gasteiger partial charge in [-0.25, -0.2) is 0 Å². The zero-order valence-corrected chi connectivity index (χ0v) is 12.6. The van der Waals surface area contributed by atoms with Crippen molar-refractivity contribution in [1.82, 2.24) is 5.32 Å². The number of anilines is 1. The van der Waals surface area contributed by atoms with Gasteiger partial charge in [-0.1, -0.05) is 17.7 Å². The van der Waals surface area contributed by atoms with E-state index in [1.807, 2.05) is 0 Å². The summed E-state index contributed by atoms with van der Waals surface area (Å²) >= 11 is 14.0. The van der Waals surface area contributed by atoms with E-state index in [9.17, 15) is 4.79 Å². The van der Waals surface area contributed by atoms with Crippen molar-refractivity contribution in [2.75, 3.05) is 5.32 Å². The fourth-order valence-electron chi connectivity index (χ4n) is 1.33. The molecule has 0 spiro atoms. The minimum absolute atomic E-state index is 0.166. The number of carbonyl (C=O) groups is 1. The van der Waals surface area contributed by atoms with Gasteiger partial charge in [0.1, 0.15) is 0 Å². The number of amides is 1. The van der Waals surface area contributed by atoms with Crippen molar-refractivity contribution in [2.24, 2.45) is 0 Å². The highest BCUT2D eigenvalue weighted by molar-refractivity contribution is 9.10. The number of rotatable bonds is 2. The lowest BCUT2D eigenvalue weighted by molar-refractivity contribution is 0.0949. The molecule has 1 aromatic carbocycles. The minimum Gasteiger partial charge on any atom is -0.444 e. The smallest absolute Gasteiger partial charge is 0.293 e. The van der Waals surface area contributed by atoms with Crippen molar-refractivity contribution < 1.29 is 9.21 Å². The molecule has 1 heterocycles. The van der Waals surface area contributed by atoms with E-state index < -0.39 is 5.91 Å². The molecular weight excluding hydrogens is 352 g/mol. The van der Waals surface area contributed by atoms with Crippen LogP contribution in [-0.2, 0) is 0 Å². The van der Waals surface area contributed by atoms with Crippen LogP contribution in [-0.4, -0.2) is 11.0 Å². The summed E-state index contributed by atoms with van der Waals surface area (Å²) < 4.78 is 5.59. The van der Waals surface area contributed by atoms with Crippen molar-refractivity contribution in [3.05, 3.63) is 51.9 Å². The van der Waals surface area contributed by atoms with Crippen molar-refractivity contribution >= 4 is 56.5 Å². The molecule has 2 N–H and O–H groups in total. The van der Waals surface area contributed by atoms with Gasteiger partial charge in [-0.05, 0) is 58.5 Å². The molecule has 0 radical (unpaired) electrons. The Bertz CT molecular complexity index is 630. The average molecular weight is 360 g/mol. The maximum absolute atomic E-state index is 11.7. The molecule has 2 aromatic rings. The summed E-state index contributed by atoms with van der Waals surface area (Å²) in [6.45, 7) is 0.